The molecule has 0 aliphatic heterocycles. The van der Waals surface area contributed by atoms with Crippen molar-refractivity contribution in [2.75, 3.05) is 6.54 Å². The Morgan fingerprint density at radius 3 is 2.48 bits per heavy atom. The molecule has 1 atom stereocenters. The summed E-state index contributed by atoms with van der Waals surface area (Å²) in [5.41, 5.74) is 9.67. The van der Waals surface area contributed by atoms with Gasteiger partial charge in [0, 0.05) is 24.5 Å². The molecule has 2 N–H and O–H groups in total. The average molecular weight is 277 g/mol. The number of nitrogens with zero attached hydrogens (tertiary/aromatic N) is 2. The van der Waals surface area contributed by atoms with Crippen molar-refractivity contribution in [3.8, 4) is 11.4 Å². The number of nitrogens with two attached hydrogens (primary N) is 1. The molecule has 3 heteroatoms. The second-order valence-electron chi connectivity index (χ2n) is 5.13. The number of hydrogen-bond acceptors (Lipinski definition) is 2. The largest absolute Gasteiger partial charge is 0.328 e. The molecule has 0 amide bonds. The van der Waals surface area contributed by atoms with Crippen LogP contribution in [0.25, 0.3) is 11.4 Å². The number of benzene rings is 2. The highest BCUT2D eigenvalue weighted by molar-refractivity contribution is 5.55. The minimum Gasteiger partial charge on any atom is -0.328 e. The summed E-state index contributed by atoms with van der Waals surface area (Å²) in [5, 5.41) is 0. The molecule has 0 bridgehead atoms. The molecule has 0 saturated carbocycles. The van der Waals surface area contributed by atoms with Crippen LogP contribution in [0.5, 0.6) is 0 Å². The molecule has 0 saturated heterocycles. The smallest absolute Gasteiger partial charge is 0.140 e. The lowest BCUT2D eigenvalue weighted by atomic mass is 10.0. The molecule has 0 aliphatic rings. The molecule has 1 heterocycles. The first-order valence-corrected chi connectivity index (χ1v) is 7.15. The predicted molar refractivity (Wildman–Crippen MR) is 86.0 cm³/mol. The van der Waals surface area contributed by atoms with Crippen LogP contribution in [-0.2, 0) is 0 Å². The Kier molecular flexibility index (Phi) is 3.84. The fourth-order valence-electron chi connectivity index (χ4n) is 2.73. The summed E-state index contributed by atoms with van der Waals surface area (Å²) >= 11 is 0. The van der Waals surface area contributed by atoms with Crippen molar-refractivity contribution >= 4 is 0 Å². The molecular weight excluding hydrogens is 258 g/mol. The number of hydrogen-bond donors (Lipinski definition) is 1. The third kappa shape index (κ3) is 2.60. The van der Waals surface area contributed by atoms with Crippen LogP contribution >= 0.6 is 0 Å². The summed E-state index contributed by atoms with van der Waals surface area (Å²) in [5.74, 6) is 0.953. The maximum Gasteiger partial charge on any atom is 0.140 e. The molecule has 0 spiro atoms. The van der Waals surface area contributed by atoms with Crippen LogP contribution in [-0.4, -0.2) is 16.1 Å². The van der Waals surface area contributed by atoms with Gasteiger partial charge in [-0.25, -0.2) is 4.98 Å². The molecule has 0 radical (unpaired) electrons. The Morgan fingerprint density at radius 1 is 1.05 bits per heavy atom. The number of imidazole rings is 1. The Balaban J connectivity index is 2.08. The lowest BCUT2D eigenvalue weighted by molar-refractivity contribution is 0.597. The van der Waals surface area contributed by atoms with Gasteiger partial charge in [-0.3, -0.25) is 0 Å². The first-order valence-electron chi connectivity index (χ1n) is 7.15. The van der Waals surface area contributed by atoms with Gasteiger partial charge in [-0.05, 0) is 18.1 Å². The van der Waals surface area contributed by atoms with E-state index in [1.165, 1.54) is 11.1 Å². The molecule has 3 aromatic rings. The van der Waals surface area contributed by atoms with Crippen LogP contribution in [0.3, 0.4) is 0 Å². The van der Waals surface area contributed by atoms with Gasteiger partial charge in [-0.1, -0.05) is 54.6 Å². The maximum absolute atomic E-state index is 6.06. The lowest BCUT2D eigenvalue weighted by Crippen LogP contribution is -2.21. The van der Waals surface area contributed by atoms with Crippen LogP contribution in [0.2, 0.25) is 0 Å². The minimum atomic E-state index is 0.101. The van der Waals surface area contributed by atoms with Gasteiger partial charge in [0.2, 0.25) is 0 Å². The molecule has 21 heavy (non-hydrogen) atoms. The summed E-state index contributed by atoms with van der Waals surface area (Å²) in [6.45, 7) is 2.66. The second-order valence-corrected chi connectivity index (χ2v) is 5.13. The highest BCUT2D eigenvalue weighted by Gasteiger charge is 2.17. The fraction of sp³-hybridized carbons (Fsp3) is 0.167. The quantitative estimate of drug-likeness (QED) is 0.794. The van der Waals surface area contributed by atoms with E-state index >= 15 is 0 Å². The first kappa shape index (κ1) is 13.6. The van der Waals surface area contributed by atoms with Gasteiger partial charge in [-0.15, -0.1) is 0 Å². The van der Waals surface area contributed by atoms with E-state index in [1.54, 1.807) is 0 Å². The van der Waals surface area contributed by atoms with Crippen molar-refractivity contribution in [3.05, 3.63) is 78.1 Å². The van der Waals surface area contributed by atoms with Crippen LogP contribution in [0.1, 0.15) is 17.2 Å². The molecule has 3 nitrogen and oxygen atoms in total. The molecule has 106 valence electrons. The molecule has 1 unspecified atom stereocenters. The van der Waals surface area contributed by atoms with Crippen LogP contribution in [0, 0.1) is 6.92 Å². The van der Waals surface area contributed by atoms with Crippen molar-refractivity contribution in [2.24, 2.45) is 5.73 Å². The Bertz CT molecular complexity index is 716. The van der Waals surface area contributed by atoms with Crippen molar-refractivity contribution in [3.63, 3.8) is 0 Å². The highest BCUT2D eigenvalue weighted by atomic mass is 15.1. The molecule has 2 aromatic carbocycles. The van der Waals surface area contributed by atoms with E-state index in [0.29, 0.717) is 6.54 Å². The molecule has 3 rings (SSSR count). The third-order valence-electron chi connectivity index (χ3n) is 3.81. The summed E-state index contributed by atoms with van der Waals surface area (Å²) in [4.78, 5) is 4.52. The van der Waals surface area contributed by atoms with Gasteiger partial charge >= 0.3 is 0 Å². The minimum absolute atomic E-state index is 0.101. The van der Waals surface area contributed by atoms with E-state index in [2.05, 4.69) is 52.9 Å². The van der Waals surface area contributed by atoms with E-state index in [1.807, 2.05) is 30.6 Å². The Morgan fingerprint density at radius 2 is 1.76 bits per heavy atom. The van der Waals surface area contributed by atoms with Gasteiger partial charge in [-0.2, -0.15) is 0 Å². The standard InChI is InChI=1S/C18H19N3/c1-14-7-5-6-10-16(14)17(13-19)21-12-11-20-18(21)15-8-3-2-4-9-15/h2-12,17H,13,19H2,1H3. The van der Waals surface area contributed by atoms with Crippen LogP contribution in [0.15, 0.2) is 67.0 Å². The monoisotopic (exact) mass is 277 g/mol. The van der Waals surface area contributed by atoms with Gasteiger partial charge in [0.05, 0.1) is 6.04 Å². The second kappa shape index (κ2) is 5.94. The van der Waals surface area contributed by atoms with Crippen molar-refractivity contribution in [1.29, 1.82) is 0 Å². The highest BCUT2D eigenvalue weighted by Crippen LogP contribution is 2.26. The van der Waals surface area contributed by atoms with Gasteiger partial charge in [0.1, 0.15) is 5.82 Å². The first-order chi connectivity index (χ1) is 10.3. The van der Waals surface area contributed by atoms with E-state index < -0.39 is 0 Å². The zero-order chi connectivity index (χ0) is 14.7. The number of rotatable bonds is 4. The van der Waals surface area contributed by atoms with E-state index in [-0.39, 0.29) is 6.04 Å². The summed E-state index contributed by atoms with van der Waals surface area (Å²) < 4.78 is 2.16. The van der Waals surface area contributed by atoms with Crippen molar-refractivity contribution < 1.29 is 0 Å². The molecule has 1 aromatic heterocycles. The lowest BCUT2D eigenvalue weighted by Gasteiger charge is -2.21. The van der Waals surface area contributed by atoms with E-state index in [0.717, 1.165) is 11.4 Å². The summed E-state index contributed by atoms with van der Waals surface area (Å²) in [6.07, 6.45) is 3.84. The summed E-state index contributed by atoms with van der Waals surface area (Å²) in [7, 11) is 0. The zero-order valence-corrected chi connectivity index (χ0v) is 12.1. The van der Waals surface area contributed by atoms with Crippen molar-refractivity contribution in [2.45, 2.75) is 13.0 Å². The van der Waals surface area contributed by atoms with Gasteiger partial charge in [0.15, 0.2) is 0 Å². The molecule has 0 aliphatic carbocycles. The Hall–Kier alpha value is -2.39. The maximum atomic E-state index is 6.06. The zero-order valence-electron chi connectivity index (χ0n) is 12.1. The van der Waals surface area contributed by atoms with Crippen molar-refractivity contribution in [1.82, 2.24) is 9.55 Å². The predicted octanol–water partition coefficient (Wildman–Crippen LogP) is 3.41. The van der Waals surface area contributed by atoms with E-state index in [9.17, 15) is 0 Å². The van der Waals surface area contributed by atoms with E-state index in [4.69, 9.17) is 5.73 Å². The summed E-state index contributed by atoms with van der Waals surface area (Å²) in [6, 6.07) is 18.7. The SMILES string of the molecule is Cc1ccccc1C(CN)n1ccnc1-c1ccccc1. The Labute approximate surface area is 125 Å². The van der Waals surface area contributed by atoms with Crippen LogP contribution < -0.4 is 5.73 Å². The fourth-order valence-corrected chi connectivity index (χ4v) is 2.73. The molecule has 0 fully saturated rings. The average Bonchev–Trinajstić information content (AvgIpc) is 3.00. The van der Waals surface area contributed by atoms with Gasteiger partial charge in [0.25, 0.3) is 0 Å². The molecular formula is C18H19N3. The van der Waals surface area contributed by atoms with Gasteiger partial charge < -0.3 is 10.3 Å². The topological polar surface area (TPSA) is 43.8 Å². The van der Waals surface area contributed by atoms with Crippen LogP contribution in [0.4, 0.5) is 0 Å². The number of aryl methyl sites for hydroxylation is 1. The normalized spacial score (nSPS) is 12.3. The third-order valence-corrected chi connectivity index (χ3v) is 3.81. The number of aromatic nitrogens is 2.